The number of nitrogens with zero attached hydrogens (tertiary/aromatic N) is 3. The van der Waals surface area contributed by atoms with E-state index in [1.807, 2.05) is 30.5 Å². The van der Waals surface area contributed by atoms with Crippen LogP contribution in [0.5, 0.6) is 5.75 Å². The lowest BCUT2D eigenvalue weighted by Gasteiger charge is -2.27. The van der Waals surface area contributed by atoms with E-state index in [9.17, 15) is 10.1 Å². The summed E-state index contributed by atoms with van der Waals surface area (Å²) in [5.74, 6) is 0.813. The predicted molar refractivity (Wildman–Crippen MR) is 102 cm³/mol. The first-order chi connectivity index (χ1) is 12.7. The van der Waals surface area contributed by atoms with Crippen LogP contribution in [0.2, 0.25) is 0 Å². The summed E-state index contributed by atoms with van der Waals surface area (Å²) in [5.41, 5.74) is 1.86. The van der Waals surface area contributed by atoms with Gasteiger partial charge in [-0.25, -0.2) is 4.98 Å². The summed E-state index contributed by atoms with van der Waals surface area (Å²) < 4.78 is 5.52. The van der Waals surface area contributed by atoms with Gasteiger partial charge < -0.3 is 9.72 Å². The van der Waals surface area contributed by atoms with Crippen LogP contribution in [0, 0.1) is 11.3 Å². The van der Waals surface area contributed by atoms with Gasteiger partial charge in [0.2, 0.25) is 0 Å². The van der Waals surface area contributed by atoms with Crippen molar-refractivity contribution in [1.82, 2.24) is 14.9 Å². The maximum absolute atomic E-state index is 12.2. The molecule has 0 unspecified atom stereocenters. The highest BCUT2D eigenvalue weighted by Crippen LogP contribution is 2.29. The number of ether oxygens (including phenoxy) is 1. The molecule has 0 bridgehead atoms. The lowest BCUT2D eigenvalue weighted by Crippen LogP contribution is -2.29. The minimum atomic E-state index is -0.407. The number of aromatic amines is 1. The largest absolute Gasteiger partial charge is 0.496 e. The van der Waals surface area contributed by atoms with E-state index in [0.717, 1.165) is 36.5 Å². The highest BCUT2D eigenvalue weighted by Gasteiger charge is 2.17. The van der Waals surface area contributed by atoms with Crippen LogP contribution in [-0.2, 0) is 6.54 Å². The normalized spacial score (nSPS) is 14.8. The Bertz CT molecular complexity index is 882. The second-order valence-electron chi connectivity index (χ2n) is 6.27. The fraction of sp³-hybridized carbons (Fsp3) is 0.421. The van der Waals surface area contributed by atoms with Gasteiger partial charge in [0.15, 0.2) is 5.16 Å². The van der Waals surface area contributed by atoms with E-state index in [2.05, 4.69) is 14.9 Å². The van der Waals surface area contributed by atoms with Crippen molar-refractivity contribution in [2.75, 3.05) is 26.5 Å². The fourth-order valence-corrected chi connectivity index (χ4v) is 3.65. The molecule has 0 amide bonds. The van der Waals surface area contributed by atoms with E-state index < -0.39 is 5.56 Å². The zero-order valence-electron chi connectivity index (χ0n) is 15.0. The Labute approximate surface area is 157 Å². The van der Waals surface area contributed by atoms with Crippen LogP contribution in [-0.4, -0.2) is 41.3 Å². The highest BCUT2D eigenvalue weighted by atomic mass is 32.2. The molecule has 2 aromatic rings. The summed E-state index contributed by atoms with van der Waals surface area (Å²) in [6, 6.07) is 7.71. The molecule has 1 N–H and O–H groups in total. The SMILES string of the molecule is COc1ccc(-c2nc(SC)[nH]c(=O)c2C#N)cc1CN1CCCCC1. The minimum absolute atomic E-state index is 0.0388. The first-order valence-corrected chi connectivity index (χ1v) is 9.86. The topological polar surface area (TPSA) is 82.0 Å². The monoisotopic (exact) mass is 370 g/mol. The Morgan fingerprint density at radius 1 is 1.35 bits per heavy atom. The first kappa shape index (κ1) is 18.5. The number of hydrogen-bond acceptors (Lipinski definition) is 6. The molecule has 1 fully saturated rings. The number of thioether (sulfide) groups is 1. The van der Waals surface area contributed by atoms with Crippen LogP contribution < -0.4 is 10.3 Å². The Hall–Kier alpha value is -2.30. The zero-order chi connectivity index (χ0) is 18.5. The summed E-state index contributed by atoms with van der Waals surface area (Å²) in [5, 5.41) is 9.90. The van der Waals surface area contributed by atoms with Gasteiger partial charge in [-0.3, -0.25) is 9.69 Å². The van der Waals surface area contributed by atoms with Crippen LogP contribution in [0.1, 0.15) is 30.4 Å². The van der Waals surface area contributed by atoms with Crippen molar-refractivity contribution in [3.63, 3.8) is 0 Å². The number of H-pyrrole nitrogens is 1. The molecular formula is C19H22N4O2S. The first-order valence-electron chi connectivity index (χ1n) is 8.64. The standard InChI is InChI=1S/C19H22N4O2S/c1-25-16-7-6-13(10-14(16)12-23-8-4-3-5-9-23)17-15(11-20)18(24)22-19(21-17)26-2/h6-7,10H,3-5,8-9,12H2,1-2H3,(H,21,22,24). The third kappa shape index (κ3) is 3.92. The Balaban J connectivity index is 2.03. The Morgan fingerprint density at radius 3 is 2.77 bits per heavy atom. The summed E-state index contributed by atoms with van der Waals surface area (Å²) in [6.45, 7) is 2.95. The second kappa shape index (κ2) is 8.39. The fourth-order valence-electron chi connectivity index (χ4n) is 3.27. The van der Waals surface area contributed by atoms with Crippen molar-refractivity contribution in [1.29, 1.82) is 5.26 Å². The van der Waals surface area contributed by atoms with Crippen LogP contribution in [0.15, 0.2) is 28.2 Å². The molecule has 0 saturated carbocycles. The van der Waals surface area contributed by atoms with Crippen LogP contribution >= 0.6 is 11.8 Å². The lowest BCUT2D eigenvalue weighted by atomic mass is 10.0. The Morgan fingerprint density at radius 2 is 2.12 bits per heavy atom. The predicted octanol–water partition coefficient (Wildman–Crippen LogP) is 3.02. The maximum Gasteiger partial charge on any atom is 0.270 e. The molecule has 1 aromatic heterocycles. The van der Waals surface area contributed by atoms with Gasteiger partial charge in [-0.1, -0.05) is 18.2 Å². The summed E-state index contributed by atoms with van der Waals surface area (Å²) in [4.78, 5) is 21.7. The molecule has 7 heteroatoms. The van der Waals surface area contributed by atoms with Crippen molar-refractivity contribution in [2.24, 2.45) is 0 Å². The molecule has 26 heavy (non-hydrogen) atoms. The number of piperidine rings is 1. The van der Waals surface area contributed by atoms with E-state index in [4.69, 9.17) is 4.74 Å². The van der Waals surface area contributed by atoms with Gasteiger partial charge in [0.05, 0.1) is 12.8 Å². The third-order valence-corrected chi connectivity index (χ3v) is 5.18. The maximum atomic E-state index is 12.2. The molecule has 1 aliphatic heterocycles. The van der Waals surface area contributed by atoms with Crippen molar-refractivity contribution in [2.45, 2.75) is 31.0 Å². The molecule has 1 aromatic carbocycles. The van der Waals surface area contributed by atoms with Gasteiger partial charge in [-0.15, -0.1) is 0 Å². The number of benzene rings is 1. The quantitative estimate of drug-likeness (QED) is 0.643. The van der Waals surface area contributed by atoms with Crippen molar-refractivity contribution < 1.29 is 4.74 Å². The van der Waals surface area contributed by atoms with E-state index in [1.165, 1.54) is 31.0 Å². The van der Waals surface area contributed by atoms with Gasteiger partial charge >= 0.3 is 0 Å². The van der Waals surface area contributed by atoms with E-state index >= 15 is 0 Å². The molecular weight excluding hydrogens is 348 g/mol. The van der Waals surface area contributed by atoms with E-state index in [0.29, 0.717) is 10.9 Å². The average molecular weight is 370 g/mol. The Kier molecular flexibility index (Phi) is 5.96. The van der Waals surface area contributed by atoms with Crippen molar-refractivity contribution >= 4 is 11.8 Å². The van der Waals surface area contributed by atoms with Crippen LogP contribution in [0.3, 0.4) is 0 Å². The summed E-state index contributed by atoms with van der Waals surface area (Å²) >= 11 is 1.34. The third-order valence-electron chi connectivity index (χ3n) is 4.60. The van der Waals surface area contributed by atoms with Gasteiger partial charge in [0.1, 0.15) is 17.4 Å². The molecule has 0 aliphatic carbocycles. The van der Waals surface area contributed by atoms with Gasteiger partial charge in [0, 0.05) is 17.7 Å². The summed E-state index contributed by atoms with van der Waals surface area (Å²) in [7, 11) is 1.66. The van der Waals surface area contributed by atoms with Gasteiger partial charge in [0.25, 0.3) is 5.56 Å². The number of hydrogen-bond donors (Lipinski definition) is 1. The lowest BCUT2D eigenvalue weighted by molar-refractivity contribution is 0.218. The van der Waals surface area contributed by atoms with E-state index in [-0.39, 0.29) is 5.56 Å². The number of likely N-dealkylation sites (tertiary alicyclic amines) is 1. The number of aromatic nitrogens is 2. The molecule has 2 heterocycles. The molecule has 0 atom stereocenters. The van der Waals surface area contributed by atoms with E-state index in [1.54, 1.807) is 7.11 Å². The average Bonchev–Trinajstić information content (AvgIpc) is 2.68. The number of nitrogens with one attached hydrogen (secondary N) is 1. The van der Waals surface area contributed by atoms with Crippen LogP contribution in [0.4, 0.5) is 0 Å². The highest BCUT2D eigenvalue weighted by molar-refractivity contribution is 7.98. The molecule has 1 saturated heterocycles. The molecule has 6 nitrogen and oxygen atoms in total. The van der Waals surface area contributed by atoms with Gasteiger partial charge in [-0.05, 0) is 50.4 Å². The minimum Gasteiger partial charge on any atom is -0.496 e. The molecule has 3 rings (SSSR count). The van der Waals surface area contributed by atoms with Crippen LogP contribution in [0.25, 0.3) is 11.3 Å². The van der Waals surface area contributed by atoms with Crippen molar-refractivity contribution in [3.05, 3.63) is 39.7 Å². The van der Waals surface area contributed by atoms with Crippen molar-refractivity contribution in [3.8, 4) is 23.1 Å². The summed E-state index contributed by atoms with van der Waals surface area (Å²) in [6.07, 6.45) is 5.55. The number of methoxy groups -OCH3 is 1. The van der Waals surface area contributed by atoms with Gasteiger partial charge in [-0.2, -0.15) is 5.26 Å². The number of rotatable bonds is 5. The molecule has 1 aliphatic rings. The molecule has 0 spiro atoms. The molecule has 0 radical (unpaired) electrons. The zero-order valence-corrected chi connectivity index (χ0v) is 15.9. The number of nitriles is 1. The second-order valence-corrected chi connectivity index (χ2v) is 7.07. The molecule has 136 valence electrons. The smallest absolute Gasteiger partial charge is 0.270 e.